The van der Waals surface area contributed by atoms with Gasteiger partial charge in [0.2, 0.25) is 0 Å². The molecular formula is C16H17BrFNS. The van der Waals surface area contributed by atoms with E-state index in [1.54, 1.807) is 6.07 Å². The maximum absolute atomic E-state index is 13.5. The van der Waals surface area contributed by atoms with Gasteiger partial charge in [-0.15, -0.1) is 11.3 Å². The van der Waals surface area contributed by atoms with Gasteiger partial charge in [0.15, 0.2) is 0 Å². The first-order valence-corrected chi connectivity index (χ1v) is 8.56. The van der Waals surface area contributed by atoms with E-state index in [0.717, 1.165) is 5.56 Å². The minimum Gasteiger partial charge on any atom is -0.323 e. The molecule has 0 saturated heterocycles. The Morgan fingerprint density at radius 3 is 2.90 bits per heavy atom. The van der Waals surface area contributed by atoms with Crippen LogP contribution in [0, 0.1) is 5.82 Å². The lowest BCUT2D eigenvalue weighted by Crippen LogP contribution is -2.12. The maximum atomic E-state index is 13.5. The summed E-state index contributed by atoms with van der Waals surface area (Å²) >= 11 is 5.15. The van der Waals surface area contributed by atoms with E-state index in [2.05, 4.69) is 22.0 Å². The Morgan fingerprint density at radius 2 is 2.10 bits per heavy atom. The zero-order chi connectivity index (χ0) is 14.1. The summed E-state index contributed by atoms with van der Waals surface area (Å²) in [6, 6.07) is 7.34. The van der Waals surface area contributed by atoms with Gasteiger partial charge in [0.05, 0.1) is 4.47 Å². The van der Waals surface area contributed by atoms with Gasteiger partial charge in [0, 0.05) is 15.8 Å². The first-order valence-electron chi connectivity index (χ1n) is 6.95. The molecule has 0 aliphatic heterocycles. The average Bonchev–Trinajstić information content (AvgIpc) is 2.88. The van der Waals surface area contributed by atoms with E-state index in [1.807, 2.05) is 17.4 Å². The number of nitrogens with two attached hydrogens (primary N) is 1. The minimum absolute atomic E-state index is 0.0521. The molecule has 1 aliphatic carbocycles. The number of halogens is 2. The van der Waals surface area contributed by atoms with Gasteiger partial charge in [-0.2, -0.15) is 0 Å². The summed E-state index contributed by atoms with van der Waals surface area (Å²) in [5.74, 6) is -0.222. The Hall–Kier alpha value is -0.710. The molecule has 4 heteroatoms. The summed E-state index contributed by atoms with van der Waals surface area (Å²) in [6.45, 7) is 0. The van der Waals surface area contributed by atoms with Crippen molar-refractivity contribution in [3.8, 4) is 0 Å². The molecule has 0 amide bonds. The summed E-state index contributed by atoms with van der Waals surface area (Å²) in [4.78, 5) is 2.73. The number of rotatable bonds is 3. The topological polar surface area (TPSA) is 26.0 Å². The van der Waals surface area contributed by atoms with Gasteiger partial charge in [0.25, 0.3) is 0 Å². The van der Waals surface area contributed by atoms with Crippen LogP contribution in [0.3, 0.4) is 0 Å². The van der Waals surface area contributed by atoms with E-state index in [4.69, 9.17) is 5.73 Å². The second-order valence-corrected chi connectivity index (χ2v) is 7.29. The Balaban J connectivity index is 1.80. The third-order valence-electron chi connectivity index (χ3n) is 3.85. The molecular weight excluding hydrogens is 337 g/mol. The fraction of sp³-hybridized carbons (Fsp3) is 0.375. The summed E-state index contributed by atoms with van der Waals surface area (Å²) < 4.78 is 14.1. The smallest absolute Gasteiger partial charge is 0.137 e. The van der Waals surface area contributed by atoms with Crippen LogP contribution in [-0.2, 0) is 19.3 Å². The molecule has 1 aromatic carbocycles. The summed E-state index contributed by atoms with van der Waals surface area (Å²) in [7, 11) is 0. The summed E-state index contributed by atoms with van der Waals surface area (Å²) in [5.41, 5.74) is 8.74. The van der Waals surface area contributed by atoms with Gasteiger partial charge in [-0.3, -0.25) is 0 Å². The molecule has 2 aromatic rings. The van der Waals surface area contributed by atoms with Crippen molar-refractivity contribution >= 4 is 27.3 Å². The molecule has 20 heavy (non-hydrogen) atoms. The molecule has 106 valence electrons. The third kappa shape index (κ3) is 2.83. The normalized spacial score (nSPS) is 15.9. The van der Waals surface area contributed by atoms with Gasteiger partial charge in [-0.1, -0.05) is 12.1 Å². The van der Waals surface area contributed by atoms with Gasteiger partial charge >= 0.3 is 0 Å². The number of hydrogen-bond donors (Lipinski definition) is 1. The molecule has 1 heterocycles. The minimum atomic E-state index is -0.222. The van der Waals surface area contributed by atoms with Crippen molar-refractivity contribution in [2.45, 2.75) is 38.1 Å². The molecule has 0 saturated carbocycles. The van der Waals surface area contributed by atoms with Crippen molar-refractivity contribution in [2.24, 2.45) is 5.73 Å². The Bertz CT molecular complexity index is 599. The molecule has 3 rings (SSSR count). The lowest BCUT2D eigenvalue weighted by molar-refractivity contribution is 0.614. The van der Waals surface area contributed by atoms with Crippen LogP contribution >= 0.6 is 27.3 Å². The number of hydrogen-bond acceptors (Lipinski definition) is 2. The predicted octanol–water partition coefficient (Wildman–Crippen LogP) is 4.77. The molecule has 1 nitrogen and oxygen atoms in total. The Morgan fingerprint density at radius 1 is 1.30 bits per heavy atom. The highest BCUT2D eigenvalue weighted by molar-refractivity contribution is 9.10. The summed E-state index contributed by atoms with van der Waals surface area (Å²) in [5, 5.41) is 0. The van der Waals surface area contributed by atoms with Crippen LogP contribution in [0.5, 0.6) is 0 Å². The second kappa shape index (κ2) is 5.96. The van der Waals surface area contributed by atoms with E-state index >= 15 is 0 Å². The van der Waals surface area contributed by atoms with E-state index < -0.39 is 0 Å². The number of fused-ring (bicyclic) bond motifs is 1. The highest BCUT2D eigenvalue weighted by atomic mass is 79.9. The highest BCUT2D eigenvalue weighted by Gasteiger charge is 2.18. The van der Waals surface area contributed by atoms with Crippen LogP contribution in [0.2, 0.25) is 0 Å². The van der Waals surface area contributed by atoms with Gasteiger partial charge in [-0.25, -0.2) is 4.39 Å². The summed E-state index contributed by atoms with van der Waals surface area (Å²) in [6.07, 6.45) is 5.61. The maximum Gasteiger partial charge on any atom is 0.137 e. The molecule has 1 unspecified atom stereocenters. The average molecular weight is 354 g/mol. The highest BCUT2D eigenvalue weighted by Crippen LogP contribution is 2.34. The van der Waals surface area contributed by atoms with Gasteiger partial charge < -0.3 is 5.73 Å². The molecule has 0 fully saturated rings. The standard InChI is InChI=1S/C16H17BrFNS/c17-16-11(5-3-6-12(16)18)8-13(19)15-9-10-4-1-2-7-14(10)20-15/h3,5-6,9,13H,1-2,4,7-8,19H2. The van der Waals surface area contributed by atoms with Gasteiger partial charge in [0.1, 0.15) is 5.82 Å². The van der Waals surface area contributed by atoms with Crippen LogP contribution in [0.25, 0.3) is 0 Å². The fourth-order valence-electron chi connectivity index (χ4n) is 2.74. The monoisotopic (exact) mass is 353 g/mol. The first kappa shape index (κ1) is 14.2. The van der Waals surface area contributed by atoms with E-state index in [0.29, 0.717) is 10.9 Å². The number of aryl methyl sites for hydroxylation is 2. The second-order valence-electron chi connectivity index (χ2n) is 5.33. The van der Waals surface area contributed by atoms with Crippen molar-refractivity contribution < 1.29 is 4.39 Å². The van der Waals surface area contributed by atoms with E-state index in [-0.39, 0.29) is 11.9 Å². The molecule has 1 aliphatic rings. The molecule has 0 radical (unpaired) electrons. The molecule has 2 N–H and O–H groups in total. The largest absolute Gasteiger partial charge is 0.323 e. The van der Waals surface area contributed by atoms with E-state index in [1.165, 1.54) is 47.1 Å². The zero-order valence-corrected chi connectivity index (χ0v) is 13.6. The lowest BCUT2D eigenvalue weighted by atomic mass is 9.98. The number of thiophene rings is 1. The quantitative estimate of drug-likeness (QED) is 0.844. The molecule has 1 atom stereocenters. The first-order chi connectivity index (χ1) is 9.65. The van der Waals surface area contributed by atoms with Crippen LogP contribution in [-0.4, -0.2) is 0 Å². The predicted molar refractivity (Wildman–Crippen MR) is 85.7 cm³/mol. The fourth-order valence-corrected chi connectivity index (χ4v) is 4.43. The van der Waals surface area contributed by atoms with Crippen molar-refractivity contribution in [1.29, 1.82) is 0 Å². The SMILES string of the molecule is NC(Cc1cccc(F)c1Br)c1cc2c(s1)CCCC2. The van der Waals surface area contributed by atoms with Crippen LogP contribution in [0.4, 0.5) is 4.39 Å². The van der Waals surface area contributed by atoms with Crippen LogP contribution in [0.15, 0.2) is 28.7 Å². The lowest BCUT2D eigenvalue weighted by Gasteiger charge is -2.11. The third-order valence-corrected chi connectivity index (χ3v) is 6.11. The van der Waals surface area contributed by atoms with Crippen LogP contribution < -0.4 is 5.73 Å². The Kier molecular flexibility index (Phi) is 4.24. The molecule has 1 aromatic heterocycles. The van der Waals surface area contributed by atoms with E-state index in [9.17, 15) is 4.39 Å². The van der Waals surface area contributed by atoms with Crippen molar-refractivity contribution in [1.82, 2.24) is 0 Å². The van der Waals surface area contributed by atoms with Crippen molar-refractivity contribution in [3.63, 3.8) is 0 Å². The molecule has 0 bridgehead atoms. The zero-order valence-electron chi connectivity index (χ0n) is 11.2. The van der Waals surface area contributed by atoms with Crippen molar-refractivity contribution in [3.05, 3.63) is 55.4 Å². The number of benzene rings is 1. The molecule has 0 spiro atoms. The van der Waals surface area contributed by atoms with Gasteiger partial charge in [-0.05, 0) is 71.3 Å². The Labute approximate surface area is 131 Å². The van der Waals surface area contributed by atoms with Crippen LogP contribution in [0.1, 0.15) is 39.8 Å². The van der Waals surface area contributed by atoms with Crippen molar-refractivity contribution in [2.75, 3.05) is 0 Å².